The number of fused-ring (bicyclic) bond motifs is 3. The molecule has 8 nitrogen and oxygen atoms in total. The van der Waals surface area contributed by atoms with Gasteiger partial charge in [-0.25, -0.2) is 0 Å². The number of hydrogen-bond acceptors (Lipinski definition) is 7. The highest BCUT2D eigenvalue weighted by atomic mass is 16.5. The fourth-order valence-corrected chi connectivity index (χ4v) is 4.88. The summed E-state index contributed by atoms with van der Waals surface area (Å²) in [5.41, 5.74) is 3.74. The Bertz CT molecular complexity index is 1130. The molecule has 2 aromatic rings. The van der Waals surface area contributed by atoms with Crippen molar-refractivity contribution in [3.63, 3.8) is 0 Å². The Hall–Kier alpha value is -3.26. The number of methoxy groups -OCH3 is 3. The average Bonchev–Trinajstić information content (AvgIpc) is 3.24. The summed E-state index contributed by atoms with van der Waals surface area (Å²) in [7, 11) is 4.74. The number of benzene rings is 1. The maximum atomic E-state index is 13.2. The SMILES string of the molecule is COc1cc2c(c(OC)c1OC)-c1ccc(NC[C@H]3CCCO3)c(=O)cc1[C@@H](NC(C)=O)CC2. The zero-order valence-electron chi connectivity index (χ0n) is 20.2. The summed E-state index contributed by atoms with van der Waals surface area (Å²) in [4.78, 5) is 25.3. The summed E-state index contributed by atoms with van der Waals surface area (Å²) >= 11 is 0. The normalized spacial score (nSPS) is 18.8. The average molecular weight is 469 g/mol. The number of amides is 1. The number of rotatable bonds is 7. The number of carbonyl (C=O) groups is 1. The molecule has 0 unspecified atom stereocenters. The van der Waals surface area contributed by atoms with E-state index >= 15 is 0 Å². The first-order valence-electron chi connectivity index (χ1n) is 11.6. The van der Waals surface area contributed by atoms with Gasteiger partial charge in [0.05, 0.1) is 39.2 Å². The van der Waals surface area contributed by atoms with Crippen LogP contribution in [0.1, 0.15) is 43.4 Å². The van der Waals surface area contributed by atoms with Gasteiger partial charge in [-0.05, 0) is 60.6 Å². The van der Waals surface area contributed by atoms with Crippen molar-refractivity contribution in [3.8, 4) is 28.4 Å². The Labute approximate surface area is 199 Å². The molecule has 1 amide bonds. The second-order valence-corrected chi connectivity index (χ2v) is 8.61. The van der Waals surface area contributed by atoms with Crippen molar-refractivity contribution >= 4 is 11.6 Å². The first kappa shape index (κ1) is 23.9. The van der Waals surface area contributed by atoms with Crippen LogP contribution in [0.15, 0.2) is 29.1 Å². The van der Waals surface area contributed by atoms with Crippen molar-refractivity contribution in [2.45, 2.75) is 44.8 Å². The van der Waals surface area contributed by atoms with Gasteiger partial charge in [-0.2, -0.15) is 0 Å². The summed E-state index contributed by atoms with van der Waals surface area (Å²) in [5.74, 6) is 1.44. The number of ether oxygens (including phenoxy) is 4. The molecule has 8 heteroatoms. The second kappa shape index (κ2) is 10.3. The van der Waals surface area contributed by atoms with E-state index in [1.165, 1.54) is 6.92 Å². The van der Waals surface area contributed by atoms with Crippen LogP contribution in [0.2, 0.25) is 0 Å². The first-order valence-corrected chi connectivity index (χ1v) is 11.6. The summed E-state index contributed by atoms with van der Waals surface area (Å²) < 4.78 is 22.7. The van der Waals surface area contributed by atoms with Crippen molar-refractivity contribution in [2.75, 3.05) is 39.8 Å². The van der Waals surface area contributed by atoms with E-state index in [0.29, 0.717) is 42.3 Å². The third kappa shape index (κ3) is 4.68. The van der Waals surface area contributed by atoms with E-state index in [1.807, 2.05) is 12.1 Å². The van der Waals surface area contributed by atoms with Gasteiger partial charge in [0.2, 0.25) is 17.1 Å². The Kier molecular flexibility index (Phi) is 7.26. The Morgan fingerprint density at radius 3 is 2.53 bits per heavy atom. The molecule has 2 N–H and O–H groups in total. The molecule has 0 radical (unpaired) electrons. The van der Waals surface area contributed by atoms with Gasteiger partial charge < -0.3 is 29.6 Å². The molecule has 2 atom stereocenters. The molecular formula is C26H32N2O6. The highest BCUT2D eigenvalue weighted by molar-refractivity contribution is 5.83. The lowest BCUT2D eigenvalue weighted by Gasteiger charge is -2.19. The van der Waals surface area contributed by atoms with Crippen LogP contribution in [-0.2, 0) is 16.0 Å². The fourth-order valence-electron chi connectivity index (χ4n) is 4.88. The van der Waals surface area contributed by atoms with E-state index < -0.39 is 0 Å². The van der Waals surface area contributed by atoms with Crippen LogP contribution < -0.4 is 30.3 Å². The molecule has 0 saturated carbocycles. The molecule has 4 rings (SSSR count). The standard InChI is InChI=1S/C26H32N2O6/c1-15(29)28-20-9-7-16-12-23(31-2)25(32-3)26(33-4)24(16)18-8-10-21(22(30)13-19(18)20)27-14-17-6-5-11-34-17/h8,10,12-13,17,20H,5-7,9,11,14H2,1-4H3,(H,27,30)(H,28,29)/t17-,20+/m1/s1. The highest BCUT2D eigenvalue weighted by Gasteiger charge is 2.29. The van der Waals surface area contributed by atoms with Gasteiger partial charge in [0.25, 0.3) is 0 Å². The van der Waals surface area contributed by atoms with E-state index in [9.17, 15) is 9.59 Å². The largest absolute Gasteiger partial charge is 0.493 e. The molecule has 2 aliphatic rings. The van der Waals surface area contributed by atoms with E-state index in [4.69, 9.17) is 18.9 Å². The summed E-state index contributed by atoms with van der Waals surface area (Å²) in [5, 5.41) is 6.28. The molecule has 0 aromatic heterocycles. The predicted octanol–water partition coefficient (Wildman–Crippen LogP) is 3.45. The summed E-state index contributed by atoms with van der Waals surface area (Å²) in [6.45, 7) is 2.82. The van der Waals surface area contributed by atoms with Crippen molar-refractivity contribution in [2.24, 2.45) is 0 Å². The molecule has 182 valence electrons. The molecule has 34 heavy (non-hydrogen) atoms. The Morgan fingerprint density at radius 2 is 1.88 bits per heavy atom. The third-order valence-corrected chi connectivity index (χ3v) is 6.46. The smallest absolute Gasteiger partial charge is 0.217 e. The molecule has 0 bridgehead atoms. The number of nitrogens with one attached hydrogen (secondary N) is 2. The van der Waals surface area contributed by atoms with Gasteiger partial charge >= 0.3 is 0 Å². The van der Waals surface area contributed by atoms with Crippen LogP contribution in [-0.4, -0.2) is 46.5 Å². The van der Waals surface area contributed by atoms with Crippen LogP contribution in [0.4, 0.5) is 5.69 Å². The minimum absolute atomic E-state index is 0.104. The molecule has 1 saturated heterocycles. The maximum absolute atomic E-state index is 13.2. The number of aryl methyl sites for hydroxylation is 1. The van der Waals surface area contributed by atoms with E-state index in [1.54, 1.807) is 33.5 Å². The zero-order chi connectivity index (χ0) is 24.2. The molecule has 1 fully saturated rings. The molecular weight excluding hydrogens is 436 g/mol. The van der Waals surface area contributed by atoms with Gasteiger partial charge in [0.15, 0.2) is 11.5 Å². The van der Waals surface area contributed by atoms with E-state index in [-0.39, 0.29) is 23.5 Å². The van der Waals surface area contributed by atoms with Crippen molar-refractivity contribution in [1.29, 1.82) is 0 Å². The topological polar surface area (TPSA) is 95.1 Å². The highest BCUT2D eigenvalue weighted by Crippen LogP contribution is 2.50. The van der Waals surface area contributed by atoms with Gasteiger partial charge in [0, 0.05) is 25.6 Å². The first-order chi connectivity index (χ1) is 16.5. The van der Waals surface area contributed by atoms with Crippen LogP contribution in [0.5, 0.6) is 17.2 Å². The monoisotopic (exact) mass is 468 g/mol. The van der Waals surface area contributed by atoms with Crippen LogP contribution in [0.25, 0.3) is 11.1 Å². The minimum Gasteiger partial charge on any atom is -0.493 e. The maximum Gasteiger partial charge on any atom is 0.217 e. The fraction of sp³-hybridized carbons (Fsp3) is 0.462. The van der Waals surface area contributed by atoms with E-state index in [2.05, 4.69) is 10.6 Å². The van der Waals surface area contributed by atoms with Crippen molar-refractivity contribution in [1.82, 2.24) is 5.32 Å². The molecule has 1 aliphatic carbocycles. The predicted molar refractivity (Wildman–Crippen MR) is 130 cm³/mol. The molecule has 1 heterocycles. The van der Waals surface area contributed by atoms with Gasteiger partial charge in [-0.1, -0.05) is 6.07 Å². The summed E-state index contributed by atoms with van der Waals surface area (Å²) in [6.07, 6.45) is 3.40. The number of hydrogen-bond donors (Lipinski definition) is 2. The van der Waals surface area contributed by atoms with Gasteiger partial charge in [0.1, 0.15) is 0 Å². The lowest BCUT2D eigenvalue weighted by atomic mass is 9.95. The summed E-state index contributed by atoms with van der Waals surface area (Å²) in [6, 6.07) is 6.96. The Balaban J connectivity index is 1.89. The number of carbonyl (C=O) groups excluding carboxylic acids is 1. The number of anilines is 1. The van der Waals surface area contributed by atoms with Crippen molar-refractivity contribution in [3.05, 3.63) is 45.6 Å². The molecule has 2 aromatic carbocycles. The Morgan fingerprint density at radius 1 is 1.09 bits per heavy atom. The lowest BCUT2D eigenvalue weighted by molar-refractivity contribution is -0.119. The van der Waals surface area contributed by atoms with Gasteiger partial charge in [-0.3, -0.25) is 9.59 Å². The lowest BCUT2D eigenvalue weighted by Crippen LogP contribution is -2.26. The molecule has 0 spiro atoms. The zero-order valence-corrected chi connectivity index (χ0v) is 20.2. The van der Waals surface area contributed by atoms with Crippen LogP contribution in [0, 0.1) is 0 Å². The van der Waals surface area contributed by atoms with Crippen LogP contribution >= 0.6 is 0 Å². The van der Waals surface area contributed by atoms with Gasteiger partial charge in [-0.15, -0.1) is 0 Å². The van der Waals surface area contributed by atoms with Crippen LogP contribution in [0.3, 0.4) is 0 Å². The minimum atomic E-state index is -0.326. The third-order valence-electron chi connectivity index (χ3n) is 6.46. The second-order valence-electron chi connectivity index (χ2n) is 8.61. The molecule has 1 aliphatic heterocycles. The van der Waals surface area contributed by atoms with Crippen molar-refractivity contribution < 1.29 is 23.7 Å². The quantitative estimate of drug-likeness (QED) is 0.643. The van der Waals surface area contributed by atoms with E-state index in [0.717, 1.165) is 41.7 Å².